The average Bonchev–Trinajstić information content (AvgIpc) is 3.36. The summed E-state index contributed by atoms with van der Waals surface area (Å²) in [5, 5.41) is 5.32. The Bertz CT molecular complexity index is 967. The van der Waals surface area contributed by atoms with Crippen LogP contribution in [0.15, 0.2) is 24.3 Å². The minimum Gasteiger partial charge on any atom is -0.384 e. The van der Waals surface area contributed by atoms with Crippen molar-refractivity contribution < 1.29 is 14.3 Å². The molecule has 3 aliphatic heterocycles. The van der Waals surface area contributed by atoms with Crippen molar-refractivity contribution in [2.75, 3.05) is 32.0 Å². The van der Waals surface area contributed by atoms with Crippen LogP contribution in [-0.4, -0.2) is 54.1 Å². The summed E-state index contributed by atoms with van der Waals surface area (Å²) in [5.74, 6) is 0.490. The lowest BCUT2D eigenvalue weighted by atomic mass is 9.82. The van der Waals surface area contributed by atoms with Gasteiger partial charge in [0.15, 0.2) is 0 Å². The number of thiophene rings is 1. The maximum absolute atomic E-state index is 12.7. The third kappa shape index (κ3) is 3.24. The maximum Gasteiger partial charge on any atom is 0.315 e. The van der Waals surface area contributed by atoms with Crippen LogP contribution in [-0.2, 0) is 21.6 Å². The van der Waals surface area contributed by atoms with Crippen LogP contribution in [0.4, 0.5) is 10.6 Å². The van der Waals surface area contributed by atoms with E-state index in [1.807, 2.05) is 17.0 Å². The topological polar surface area (TPSA) is 110 Å². The van der Waals surface area contributed by atoms with Gasteiger partial charge in [-0.3, -0.25) is 4.79 Å². The van der Waals surface area contributed by atoms with E-state index < -0.39 is 6.04 Å². The number of likely N-dealkylation sites (tertiary alicyclic amines) is 1. The summed E-state index contributed by atoms with van der Waals surface area (Å²) in [6.45, 7) is 2.27. The fraction of sp³-hybridized carbons (Fsp3) is 0.450. The molecule has 1 atom stereocenters. The lowest BCUT2D eigenvalue weighted by Crippen LogP contribution is -2.52. The summed E-state index contributed by atoms with van der Waals surface area (Å²) < 4.78 is 6.32. The minimum absolute atomic E-state index is 0.0239. The van der Waals surface area contributed by atoms with Gasteiger partial charge in [-0.25, -0.2) is 9.78 Å². The number of nitrogens with one attached hydrogen (secondary N) is 2. The number of carbonyl (C=O) groups excluding carboxylic acids is 2. The van der Waals surface area contributed by atoms with Crippen molar-refractivity contribution in [2.45, 2.75) is 30.9 Å². The number of ether oxygens (including phenoxy) is 1. The highest BCUT2D eigenvalue weighted by molar-refractivity contribution is 7.15. The number of nitrogens with two attached hydrogens (primary N) is 1. The minimum atomic E-state index is -0.471. The number of nitrogen functional groups attached to an aromatic ring is 1. The van der Waals surface area contributed by atoms with Crippen LogP contribution in [0.3, 0.4) is 0 Å². The van der Waals surface area contributed by atoms with Crippen molar-refractivity contribution in [3.8, 4) is 10.6 Å². The number of piperidine rings is 1. The molecule has 2 saturated heterocycles. The summed E-state index contributed by atoms with van der Waals surface area (Å²) in [6.07, 6.45) is 2.40. The summed E-state index contributed by atoms with van der Waals surface area (Å²) in [6, 6.07) is 7.13. The van der Waals surface area contributed by atoms with Gasteiger partial charge in [0.05, 0.1) is 22.8 Å². The molecular weight excluding hydrogens is 390 g/mol. The Morgan fingerprint density at radius 1 is 1.34 bits per heavy atom. The van der Waals surface area contributed by atoms with Crippen LogP contribution < -0.4 is 16.4 Å². The summed E-state index contributed by atoms with van der Waals surface area (Å²) in [4.78, 5) is 32.8. The van der Waals surface area contributed by atoms with Gasteiger partial charge in [0.1, 0.15) is 11.9 Å². The van der Waals surface area contributed by atoms with Crippen molar-refractivity contribution in [1.29, 1.82) is 0 Å². The molecule has 0 aromatic carbocycles. The summed E-state index contributed by atoms with van der Waals surface area (Å²) in [5.41, 5.74) is 7.63. The number of rotatable bonds is 2. The first-order valence-electron chi connectivity index (χ1n) is 9.87. The molecular formula is C20H23N5O3S. The van der Waals surface area contributed by atoms with E-state index in [1.165, 1.54) is 10.4 Å². The predicted molar refractivity (Wildman–Crippen MR) is 109 cm³/mol. The van der Waals surface area contributed by atoms with Crippen LogP contribution in [0.25, 0.3) is 10.6 Å². The summed E-state index contributed by atoms with van der Waals surface area (Å²) >= 11 is 1.76. The van der Waals surface area contributed by atoms with E-state index in [1.54, 1.807) is 17.4 Å². The van der Waals surface area contributed by atoms with Gasteiger partial charge < -0.3 is 26.0 Å². The number of pyridine rings is 1. The van der Waals surface area contributed by atoms with E-state index in [9.17, 15) is 9.59 Å². The molecule has 3 aliphatic rings. The van der Waals surface area contributed by atoms with E-state index in [2.05, 4.69) is 21.7 Å². The number of carbonyl (C=O) groups is 2. The molecule has 9 heteroatoms. The number of aromatic nitrogens is 1. The molecule has 0 saturated carbocycles. The molecule has 0 radical (unpaired) electrons. The standard InChI is InChI=1S/C20H23N5O3S/c21-17-3-1-2-13(23-17)16-10-12-15(29-16)4-9-28-20(12)5-7-25(8-6-20)18(26)14-11-22-19(27)24-14/h1-3,10,14H,4-9,11H2,(H2,21,23)(H2,22,24,27). The van der Waals surface area contributed by atoms with Crippen LogP contribution in [0.5, 0.6) is 0 Å². The third-order valence-electron chi connectivity index (χ3n) is 5.98. The SMILES string of the molecule is Nc1cccc(-c2cc3c(s2)CCOC32CCN(C(=O)C3CNC(=O)N3)CC2)n1. The molecule has 29 heavy (non-hydrogen) atoms. The second-order valence-electron chi connectivity index (χ2n) is 7.72. The highest BCUT2D eigenvalue weighted by atomic mass is 32.1. The molecule has 4 N–H and O–H groups in total. The van der Waals surface area contributed by atoms with Crippen LogP contribution in [0, 0.1) is 0 Å². The van der Waals surface area contributed by atoms with Crippen LogP contribution in [0.2, 0.25) is 0 Å². The third-order valence-corrected chi connectivity index (χ3v) is 7.20. The zero-order chi connectivity index (χ0) is 20.0. The van der Waals surface area contributed by atoms with Gasteiger partial charge in [0.2, 0.25) is 5.91 Å². The number of anilines is 1. The van der Waals surface area contributed by atoms with Gasteiger partial charge in [0.25, 0.3) is 0 Å². The Morgan fingerprint density at radius 2 is 2.17 bits per heavy atom. The van der Waals surface area contributed by atoms with Gasteiger partial charge in [-0.2, -0.15) is 0 Å². The van der Waals surface area contributed by atoms with Gasteiger partial charge in [-0.05, 0) is 36.6 Å². The molecule has 2 fully saturated rings. The lowest BCUT2D eigenvalue weighted by molar-refractivity contribution is -0.142. The summed E-state index contributed by atoms with van der Waals surface area (Å²) in [7, 11) is 0. The Kier molecular flexibility index (Phi) is 4.44. The number of nitrogens with zero attached hydrogens (tertiary/aromatic N) is 2. The first kappa shape index (κ1) is 18.4. The van der Waals surface area contributed by atoms with Gasteiger partial charge in [0, 0.05) is 30.9 Å². The highest BCUT2D eigenvalue weighted by Crippen LogP contribution is 2.46. The normalized spacial score (nSPS) is 22.8. The average molecular weight is 414 g/mol. The van der Waals surface area contributed by atoms with Crippen molar-refractivity contribution >= 4 is 29.1 Å². The molecule has 2 aromatic heterocycles. The van der Waals surface area contributed by atoms with E-state index in [0.29, 0.717) is 32.1 Å². The molecule has 8 nitrogen and oxygen atoms in total. The van der Waals surface area contributed by atoms with E-state index in [4.69, 9.17) is 10.5 Å². The van der Waals surface area contributed by atoms with E-state index >= 15 is 0 Å². The zero-order valence-corrected chi connectivity index (χ0v) is 16.8. The fourth-order valence-electron chi connectivity index (χ4n) is 4.46. The Balaban J connectivity index is 1.36. The predicted octanol–water partition coefficient (Wildman–Crippen LogP) is 1.46. The number of fused-ring (bicyclic) bond motifs is 2. The van der Waals surface area contributed by atoms with E-state index in [0.717, 1.165) is 29.8 Å². The second-order valence-corrected chi connectivity index (χ2v) is 8.86. The molecule has 1 unspecified atom stereocenters. The molecule has 3 amide bonds. The van der Waals surface area contributed by atoms with Gasteiger partial charge in [-0.1, -0.05) is 6.07 Å². The number of amides is 3. The van der Waals surface area contributed by atoms with E-state index in [-0.39, 0.29) is 17.5 Å². The van der Waals surface area contributed by atoms with Gasteiger partial charge >= 0.3 is 6.03 Å². The molecule has 1 spiro atoms. The van der Waals surface area contributed by atoms with Gasteiger partial charge in [-0.15, -0.1) is 11.3 Å². The molecule has 5 heterocycles. The second kappa shape index (κ2) is 7.00. The Labute approximate surface area is 172 Å². The highest BCUT2D eigenvalue weighted by Gasteiger charge is 2.44. The molecule has 152 valence electrons. The molecule has 5 rings (SSSR count). The largest absolute Gasteiger partial charge is 0.384 e. The van der Waals surface area contributed by atoms with Crippen molar-refractivity contribution in [2.24, 2.45) is 0 Å². The fourth-order valence-corrected chi connectivity index (χ4v) is 5.66. The first-order valence-corrected chi connectivity index (χ1v) is 10.7. The van der Waals surface area contributed by atoms with Crippen LogP contribution in [0.1, 0.15) is 23.3 Å². The number of hydrogen-bond acceptors (Lipinski definition) is 6. The zero-order valence-electron chi connectivity index (χ0n) is 15.9. The maximum atomic E-state index is 12.7. The number of urea groups is 1. The van der Waals surface area contributed by atoms with Crippen molar-refractivity contribution in [1.82, 2.24) is 20.5 Å². The number of hydrogen-bond donors (Lipinski definition) is 3. The molecule has 0 aliphatic carbocycles. The quantitative estimate of drug-likeness (QED) is 0.691. The Hall–Kier alpha value is -2.65. The molecule has 0 bridgehead atoms. The molecule has 2 aromatic rings. The smallest absolute Gasteiger partial charge is 0.315 e. The first-order chi connectivity index (χ1) is 14.0. The van der Waals surface area contributed by atoms with Crippen LogP contribution >= 0.6 is 11.3 Å². The monoisotopic (exact) mass is 413 g/mol. The lowest BCUT2D eigenvalue weighted by Gasteiger charge is -2.44. The Morgan fingerprint density at radius 3 is 2.90 bits per heavy atom. The van der Waals surface area contributed by atoms with Crippen molar-refractivity contribution in [3.05, 3.63) is 34.7 Å². The van der Waals surface area contributed by atoms with Crippen molar-refractivity contribution in [3.63, 3.8) is 0 Å².